The fourth-order valence-corrected chi connectivity index (χ4v) is 1.55. The maximum atomic E-state index is 11.3. The van der Waals surface area contributed by atoms with Crippen molar-refractivity contribution in [2.75, 3.05) is 6.54 Å². The minimum absolute atomic E-state index is 0.0101. The second kappa shape index (κ2) is 3.46. The molecule has 68 valence electrons. The summed E-state index contributed by atoms with van der Waals surface area (Å²) in [5.41, 5.74) is 0. The van der Waals surface area contributed by atoms with E-state index in [-0.39, 0.29) is 17.0 Å². The Kier molecular flexibility index (Phi) is 2.75. The Hall–Kier alpha value is -0.540. The molecule has 0 bridgehead atoms. The van der Waals surface area contributed by atoms with Crippen molar-refractivity contribution in [1.29, 1.82) is 0 Å². The van der Waals surface area contributed by atoms with Crippen LogP contribution in [0.3, 0.4) is 0 Å². The van der Waals surface area contributed by atoms with Gasteiger partial charge in [-0.15, -0.1) is 0 Å². The molecule has 0 aromatic carbocycles. The van der Waals surface area contributed by atoms with Crippen LogP contribution in [0.4, 0.5) is 0 Å². The van der Waals surface area contributed by atoms with Crippen molar-refractivity contribution in [3.05, 3.63) is 11.6 Å². The first kappa shape index (κ1) is 9.55. The van der Waals surface area contributed by atoms with Crippen molar-refractivity contribution in [3.8, 4) is 0 Å². The molecule has 0 spiro atoms. The number of aliphatic hydroxyl groups excluding tert-OH is 1. The van der Waals surface area contributed by atoms with E-state index in [1.165, 1.54) is 0 Å². The molecule has 2 unspecified atom stereocenters. The van der Waals surface area contributed by atoms with Gasteiger partial charge < -0.3 is 10.0 Å². The summed E-state index contributed by atoms with van der Waals surface area (Å²) in [5.74, 6) is -0.277. The second-order valence-electron chi connectivity index (χ2n) is 3.10. The number of likely N-dealkylation sites (tertiary alicyclic amines) is 1. The summed E-state index contributed by atoms with van der Waals surface area (Å²) in [4.78, 5) is 12.8. The van der Waals surface area contributed by atoms with Gasteiger partial charge >= 0.3 is 0 Å². The molecule has 1 fully saturated rings. The number of hydrogen-bond acceptors (Lipinski definition) is 2. The van der Waals surface area contributed by atoms with E-state index in [0.717, 1.165) is 0 Å². The molecule has 0 aliphatic carbocycles. The largest absolute Gasteiger partial charge is 0.391 e. The number of aliphatic hydroxyl groups is 1. The molecular weight excluding hydrogens is 178 g/mol. The average Bonchev–Trinajstić information content (AvgIpc) is 2.28. The van der Waals surface area contributed by atoms with Crippen LogP contribution in [0, 0.1) is 0 Å². The van der Waals surface area contributed by atoms with Crippen molar-refractivity contribution < 1.29 is 9.90 Å². The number of halogens is 1. The highest BCUT2D eigenvalue weighted by Crippen LogP contribution is 2.19. The van der Waals surface area contributed by atoms with Crippen LogP contribution >= 0.6 is 11.6 Å². The molecule has 0 saturated carbocycles. The van der Waals surface area contributed by atoms with Crippen molar-refractivity contribution in [2.24, 2.45) is 0 Å². The normalized spacial score (nSPS) is 29.1. The van der Waals surface area contributed by atoms with E-state index in [9.17, 15) is 9.90 Å². The van der Waals surface area contributed by atoms with E-state index in [1.54, 1.807) is 4.90 Å². The molecule has 1 rings (SSSR count). The molecule has 0 radical (unpaired) electrons. The van der Waals surface area contributed by atoms with E-state index in [1.807, 2.05) is 6.92 Å². The Morgan fingerprint density at radius 2 is 2.33 bits per heavy atom. The quantitative estimate of drug-likeness (QED) is 0.618. The van der Waals surface area contributed by atoms with E-state index < -0.39 is 6.10 Å². The highest BCUT2D eigenvalue weighted by molar-refractivity contribution is 6.41. The van der Waals surface area contributed by atoms with Crippen molar-refractivity contribution in [3.63, 3.8) is 0 Å². The molecule has 1 aliphatic rings. The average molecular weight is 190 g/mol. The Bertz CT molecular complexity index is 217. The molecular formula is C8H12ClNO2. The van der Waals surface area contributed by atoms with E-state index in [0.29, 0.717) is 13.0 Å². The van der Waals surface area contributed by atoms with Gasteiger partial charge in [-0.05, 0) is 13.3 Å². The van der Waals surface area contributed by atoms with Crippen LogP contribution in [0.1, 0.15) is 13.3 Å². The van der Waals surface area contributed by atoms with Crippen LogP contribution in [0.2, 0.25) is 0 Å². The molecule has 0 aromatic rings. The number of rotatable bonds is 1. The lowest BCUT2D eigenvalue weighted by atomic mass is 10.2. The molecule has 4 heteroatoms. The lowest BCUT2D eigenvalue weighted by Gasteiger charge is -2.19. The maximum absolute atomic E-state index is 11.3. The van der Waals surface area contributed by atoms with Crippen LogP contribution in [0.25, 0.3) is 0 Å². The summed E-state index contributed by atoms with van der Waals surface area (Å²) < 4.78 is 0. The SMILES string of the molecule is C=C(Cl)C(=O)N1CC(O)CC1C. The molecule has 3 nitrogen and oxygen atoms in total. The number of hydrogen-bond donors (Lipinski definition) is 1. The van der Waals surface area contributed by atoms with Crippen LogP contribution < -0.4 is 0 Å². The lowest BCUT2D eigenvalue weighted by molar-refractivity contribution is -0.127. The van der Waals surface area contributed by atoms with Gasteiger partial charge in [-0.25, -0.2) is 0 Å². The molecule has 1 amide bonds. The molecule has 2 atom stereocenters. The molecule has 1 aliphatic heterocycles. The fourth-order valence-electron chi connectivity index (χ4n) is 1.44. The first-order chi connectivity index (χ1) is 5.52. The molecule has 1 saturated heterocycles. The highest BCUT2D eigenvalue weighted by Gasteiger charge is 2.31. The number of carbonyl (C=O) groups excluding carboxylic acids is 1. The summed E-state index contributed by atoms with van der Waals surface area (Å²) >= 11 is 5.45. The zero-order valence-electron chi connectivity index (χ0n) is 6.96. The van der Waals surface area contributed by atoms with Crippen molar-refractivity contribution >= 4 is 17.5 Å². The van der Waals surface area contributed by atoms with Crippen LogP contribution in [0.15, 0.2) is 11.6 Å². The fraction of sp³-hybridized carbons (Fsp3) is 0.625. The predicted octanol–water partition coefficient (Wildman–Crippen LogP) is 0.721. The summed E-state index contributed by atoms with van der Waals surface area (Å²) in [7, 11) is 0. The van der Waals surface area contributed by atoms with Crippen LogP contribution in [-0.2, 0) is 4.79 Å². The Morgan fingerprint density at radius 1 is 1.75 bits per heavy atom. The first-order valence-corrected chi connectivity index (χ1v) is 4.23. The Labute approximate surface area is 76.6 Å². The van der Waals surface area contributed by atoms with Crippen LogP contribution in [0.5, 0.6) is 0 Å². The van der Waals surface area contributed by atoms with Gasteiger partial charge in [0.1, 0.15) is 0 Å². The summed E-state index contributed by atoms with van der Waals surface area (Å²) in [6.45, 7) is 5.60. The van der Waals surface area contributed by atoms with Crippen molar-refractivity contribution in [1.82, 2.24) is 4.90 Å². The predicted molar refractivity (Wildman–Crippen MR) is 46.8 cm³/mol. The van der Waals surface area contributed by atoms with E-state index in [4.69, 9.17) is 11.6 Å². The Morgan fingerprint density at radius 3 is 2.67 bits per heavy atom. The van der Waals surface area contributed by atoms with Gasteiger partial charge in [0, 0.05) is 12.6 Å². The molecule has 1 heterocycles. The van der Waals surface area contributed by atoms with Gasteiger partial charge in [0.25, 0.3) is 5.91 Å². The number of nitrogens with zero attached hydrogens (tertiary/aromatic N) is 1. The molecule has 1 N–H and O–H groups in total. The number of amides is 1. The first-order valence-electron chi connectivity index (χ1n) is 3.85. The third-order valence-electron chi connectivity index (χ3n) is 2.05. The standard InChI is InChI=1S/C8H12ClNO2/c1-5-3-7(11)4-10(5)8(12)6(2)9/h5,7,11H,2-4H2,1H3. The van der Waals surface area contributed by atoms with E-state index in [2.05, 4.69) is 6.58 Å². The lowest BCUT2D eigenvalue weighted by Crippen LogP contribution is -2.34. The van der Waals surface area contributed by atoms with Crippen LogP contribution in [-0.4, -0.2) is 34.6 Å². The molecule has 12 heavy (non-hydrogen) atoms. The summed E-state index contributed by atoms with van der Waals surface area (Å²) in [6, 6.07) is 0.0583. The Balaban J connectivity index is 2.64. The smallest absolute Gasteiger partial charge is 0.265 e. The van der Waals surface area contributed by atoms with Gasteiger partial charge in [0.2, 0.25) is 0 Å². The molecule has 0 aromatic heterocycles. The maximum Gasteiger partial charge on any atom is 0.265 e. The second-order valence-corrected chi connectivity index (χ2v) is 3.56. The topological polar surface area (TPSA) is 40.5 Å². The zero-order valence-corrected chi connectivity index (χ0v) is 7.71. The minimum atomic E-state index is -0.417. The summed E-state index contributed by atoms with van der Waals surface area (Å²) in [6.07, 6.45) is 0.204. The number of carbonyl (C=O) groups is 1. The van der Waals surface area contributed by atoms with E-state index >= 15 is 0 Å². The van der Waals surface area contributed by atoms with Gasteiger partial charge in [0.15, 0.2) is 0 Å². The van der Waals surface area contributed by atoms with Gasteiger partial charge in [-0.2, -0.15) is 0 Å². The number of β-amino-alcohol motifs (C(OH)–C–C–N with tert-alkyl or cyclic N) is 1. The zero-order chi connectivity index (χ0) is 9.30. The van der Waals surface area contributed by atoms with Gasteiger partial charge in [-0.3, -0.25) is 4.79 Å². The third-order valence-corrected chi connectivity index (χ3v) is 2.21. The van der Waals surface area contributed by atoms with Gasteiger partial charge in [-0.1, -0.05) is 18.2 Å². The minimum Gasteiger partial charge on any atom is -0.391 e. The summed E-state index contributed by atoms with van der Waals surface area (Å²) in [5, 5.41) is 9.24. The monoisotopic (exact) mass is 189 g/mol. The highest BCUT2D eigenvalue weighted by atomic mass is 35.5. The van der Waals surface area contributed by atoms with Crippen molar-refractivity contribution in [2.45, 2.75) is 25.5 Å². The van der Waals surface area contributed by atoms with Gasteiger partial charge in [0.05, 0.1) is 11.1 Å². The third kappa shape index (κ3) is 1.79.